The van der Waals surface area contributed by atoms with Gasteiger partial charge in [-0.15, -0.1) is 0 Å². The normalized spacial score (nSPS) is 28.7. The standard InChI is InChI=1S/C16H14BrNO4S/c1-18-14-12-9-11(17)7-8-13(12)22-23(19,20)16(14)15(21-18)10-5-3-2-4-6-10/h2-9,14-16H,1H3/t14-,15-,16+/m0/s1. The van der Waals surface area contributed by atoms with Gasteiger partial charge in [0, 0.05) is 17.1 Å². The van der Waals surface area contributed by atoms with Gasteiger partial charge in [-0.1, -0.05) is 46.3 Å². The van der Waals surface area contributed by atoms with E-state index in [2.05, 4.69) is 15.9 Å². The minimum absolute atomic E-state index is 0.360. The van der Waals surface area contributed by atoms with Gasteiger partial charge in [-0.25, -0.2) is 0 Å². The Bertz CT molecular complexity index is 856. The molecule has 0 N–H and O–H groups in total. The van der Waals surface area contributed by atoms with Crippen molar-refractivity contribution in [3.8, 4) is 5.75 Å². The third-order valence-electron chi connectivity index (χ3n) is 4.24. The summed E-state index contributed by atoms with van der Waals surface area (Å²) >= 11 is 3.43. The molecule has 2 heterocycles. The topological polar surface area (TPSA) is 55.8 Å². The Morgan fingerprint density at radius 1 is 1.13 bits per heavy atom. The van der Waals surface area contributed by atoms with Crippen LogP contribution in [0.4, 0.5) is 0 Å². The van der Waals surface area contributed by atoms with Crippen LogP contribution in [0.25, 0.3) is 0 Å². The molecule has 1 fully saturated rings. The van der Waals surface area contributed by atoms with Crippen molar-refractivity contribution in [2.75, 3.05) is 7.05 Å². The molecular weight excluding hydrogens is 382 g/mol. The number of halogens is 1. The van der Waals surface area contributed by atoms with E-state index in [1.54, 1.807) is 24.2 Å². The molecule has 7 heteroatoms. The van der Waals surface area contributed by atoms with E-state index in [1.807, 2.05) is 36.4 Å². The maximum absolute atomic E-state index is 12.7. The average molecular weight is 396 g/mol. The van der Waals surface area contributed by atoms with E-state index >= 15 is 0 Å². The van der Waals surface area contributed by atoms with Gasteiger partial charge in [0.25, 0.3) is 0 Å². The number of nitrogens with zero attached hydrogens (tertiary/aromatic N) is 1. The van der Waals surface area contributed by atoms with E-state index in [0.29, 0.717) is 5.75 Å². The summed E-state index contributed by atoms with van der Waals surface area (Å²) in [7, 11) is -2.04. The minimum atomic E-state index is -3.80. The molecule has 0 aromatic heterocycles. The van der Waals surface area contributed by atoms with Gasteiger partial charge in [0.05, 0.1) is 6.04 Å². The fraction of sp³-hybridized carbons (Fsp3) is 0.250. The smallest absolute Gasteiger partial charge is 0.317 e. The van der Waals surface area contributed by atoms with Crippen LogP contribution < -0.4 is 4.18 Å². The molecule has 0 saturated carbocycles. The Morgan fingerprint density at radius 2 is 1.87 bits per heavy atom. The number of rotatable bonds is 1. The summed E-state index contributed by atoms with van der Waals surface area (Å²) in [5, 5.41) is 0.810. The number of benzene rings is 2. The highest BCUT2D eigenvalue weighted by Gasteiger charge is 2.55. The Kier molecular flexibility index (Phi) is 3.49. The molecule has 0 unspecified atom stereocenters. The number of hydrogen-bond acceptors (Lipinski definition) is 5. The first-order valence-electron chi connectivity index (χ1n) is 7.15. The van der Waals surface area contributed by atoms with Crippen molar-refractivity contribution in [2.45, 2.75) is 17.4 Å². The molecule has 3 atom stereocenters. The van der Waals surface area contributed by atoms with Crippen LogP contribution >= 0.6 is 15.9 Å². The first-order valence-corrected chi connectivity index (χ1v) is 9.41. The van der Waals surface area contributed by atoms with Crippen molar-refractivity contribution in [1.29, 1.82) is 0 Å². The Morgan fingerprint density at radius 3 is 2.61 bits per heavy atom. The van der Waals surface area contributed by atoms with Crippen LogP contribution in [-0.2, 0) is 15.0 Å². The SMILES string of the molecule is CN1O[C@@H](c2ccccc2)[C@H]2[C@@H]1c1cc(Br)ccc1OS2(=O)=O. The molecule has 120 valence electrons. The van der Waals surface area contributed by atoms with Crippen molar-refractivity contribution < 1.29 is 17.4 Å². The Balaban J connectivity index is 1.88. The molecule has 0 aliphatic carbocycles. The lowest BCUT2D eigenvalue weighted by molar-refractivity contribution is -0.145. The second kappa shape index (κ2) is 5.31. The van der Waals surface area contributed by atoms with Crippen LogP contribution in [0, 0.1) is 0 Å². The number of hydrogen-bond donors (Lipinski definition) is 0. The molecule has 5 nitrogen and oxygen atoms in total. The lowest BCUT2D eigenvalue weighted by Gasteiger charge is -2.30. The highest BCUT2D eigenvalue weighted by atomic mass is 79.9. The van der Waals surface area contributed by atoms with E-state index in [-0.39, 0.29) is 0 Å². The van der Waals surface area contributed by atoms with E-state index < -0.39 is 27.5 Å². The third kappa shape index (κ3) is 2.39. The predicted octanol–water partition coefficient (Wildman–Crippen LogP) is 3.20. The maximum atomic E-state index is 12.7. The predicted molar refractivity (Wildman–Crippen MR) is 88.2 cm³/mol. The van der Waals surface area contributed by atoms with Gasteiger partial charge in [0.2, 0.25) is 0 Å². The van der Waals surface area contributed by atoms with Crippen LogP contribution in [-0.4, -0.2) is 25.8 Å². The van der Waals surface area contributed by atoms with Gasteiger partial charge in [-0.3, -0.25) is 4.84 Å². The van der Waals surface area contributed by atoms with E-state index in [0.717, 1.165) is 15.6 Å². The Labute approximate surface area is 143 Å². The number of fused-ring (bicyclic) bond motifs is 3. The van der Waals surface area contributed by atoms with Crippen LogP contribution in [0.2, 0.25) is 0 Å². The molecule has 2 aromatic carbocycles. The molecule has 0 amide bonds. The molecule has 1 saturated heterocycles. The van der Waals surface area contributed by atoms with E-state index in [9.17, 15) is 8.42 Å². The molecule has 23 heavy (non-hydrogen) atoms. The summed E-state index contributed by atoms with van der Waals surface area (Å²) in [5.74, 6) is 0.360. The molecule has 2 aliphatic rings. The summed E-state index contributed by atoms with van der Waals surface area (Å²) in [5.41, 5.74) is 1.62. The zero-order chi connectivity index (χ0) is 16.2. The first kappa shape index (κ1) is 15.1. The van der Waals surface area contributed by atoms with Crippen molar-refractivity contribution in [1.82, 2.24) is 5.06 Å². The molecule has 2 aromatic rings. The molecular formula is C16H14BrNO4S. The molecule has 0 radical (unpaired) electrons. The zero-order valence-corrected chi connectivity index (χ0v) is 14.6. The molecule has 0 spiro atoms. The van der Waals surface area contributed by atoms with Gasteiger partial charge < -0.3 is 4.18 Å². The number of hydroxylamine groups is 2. The molecule has 2 aliphatic heterocycles. The highest BCUT2D eigenvalue weighted by molar-refractivity contribution is 9.10. The lowest BCUT2D eigenvalue weighted by Crippen LogP contribution is -2.38. The van der Waals surface area contributed by atoms with Gasteiger partial charge in [0.1, 0.15) is 11.9 Å². The van der Waals surface area contributed by atoms with Gasteiger partial charge in [-0.05, 0) is 23.8 Å². The Hall–Kier alpha value is -1.41. The van der Waals surface area contributed by atoms with Crippen LogP contribution in [0.1, 0.15) is 23.3 Å². The third-order valence-corrected chi connectivity index (χ3v) is 6.32. The van der Waals surface area contributed by atoms with E-state index in [1.165, 1.54) is 0 Å². The second-order valence-electron chi connectivity index (χ2n) is 5.65. The van der Waals surface area contributed by atoms with Crippen molar-refractivity contribution in [2.24, 2.45) is 0 Å². The first-order chi connectivity index (χ1) is 11.0. The van der Waals surface area contributed by atoms with Gasteiger partial charge in [0.15, 0.2) is 5.25 Å². The fourth-order valence-electron chi connectivity index (χ4n) is 3.26. The minimum Gasteiger partial charge on any atom is -0.382 e. The van der Waals surface area contributed by atoms with Crippen molar-refractivity contribution in [3.05, 3.63) is 64.1 Å². The summed E-state index contributed by atoms with van der Waals surface area (Å²) in [6, 6.07) is 14.3. The summed E-state index contributed by atoms with van der Waals surface area (Å²) in [4.78, 5) is 5.89. The second-order valence-corrected chi connectivity index (χ2v) is 8.26. The van der Waals surface area contributed by atoms with Crippen LogP contribution in [0.5, 0.6) is 5.75 Å². The fourth-order valence-corrected chi connectivity index (χ4v) is 5.29. The van der Waals surface area contributed by atoms with Gasteiger partial charge in [-0.2, -0.15) is 13.5 Å². The lowest BCUT2D eigenvalue weighted by atomic mass is 9.96. The average Bonchev–Trinajstić information content (AvgIpc) is 2.88. The quantitative estimate of drug-likeness (QED) is 0.693. The molecule has 4 rings (SSSR count). The van der Waals surface area contributed by atoms with Gasteiger partial charge >= 0.3 is 10.1 Å². The van der Waals surface area contributed by atoms with Crippen LogP contribution in [0.15, 0.2) is 53.0 Å². The van der Waals surface area contributed by atoms with Crippen molar-refractivity contribution in [3.63, 3.8) is 0 Å². The van der Waals surface area contributed by atoms with Crippen LogP contribution in [0.3, 0.4) is 0 Å². The highest BCUT2D eigenvalue weighted by Crippen LogP contribution is 2.51. The van der Waals surface area contributed by atoms with E-state index in [4.69, 9.17) is 9.02 Å². The summed E-state index contributed by atoms with van der Waals surface area (Å²) in [6.45, 7) is 0. The summed E-state index contributed by atoms with van der Waals surface area (Å²) < 4.78 is 31.6. The molecule has 0 bridgehead atoms. The van der Waals surface area contributed by atoms with Crippen molar-refractivity contribution >= 4 is 26.0 Å². The monoisotopic (exact) mass is 395 g/mol. The maximum Gasteiger partial charge on any atom is 0.317 e. The zero-order valence-electron chi connectivity index (χ0n) is 12.2. The largest absolute Gasteiger partial charge is 0.382 e. The summed E-state index contributed by atoms with van der Waals surface area (Å²) in [6.07, 6.45) is -0.594.